The Morgan fingerprint density at radius 2 is 1.85 bits per heavy atom. The van der Waals surface area contributed by atoms with E-state index in [0.717, 1.165) is 5.69 Å². The lowest BCUT2D eigenvalue weighted by Crippen LogP contribution is -2.30. The van der Waals surface area contributed by atoms with E-state index in [0.29, 0.717) is 17.5 Å². The summed E-state index contributed by atoms with van der Waals surface area (Å²) in [4.78, 5) is 23.8. The van der Waals surface area contributed by atoms with E-state index < -0.39 is 18.5 Å². The van der Waals surface area contributed by atoms with Gasteiger partial charge in [-0.2, -0.15) is 5.10 Å². The number of carbonyl (C=O) groups is 2. The molecule has 7 heteroatoms. The van der Waals surface area contributed by atoms with Gasteiger partial charge in [-0.05, 0) is 48.4 Å². The third-order valence-corrected chi connectivity index (χ3v) is 3.88. The third-order valence-electron chi connectivity index (χ3n) is 3.88. The van der Waals surface area contributed by atoms with Crippen molar-refractivity contribution in [3.05, 3.63) is 83.9 Å². The van der Waals surface area contributed by atoms with Crippen molar-refractivity contribution >= 4 is 11.9 Å². The van der Waals surface area contributed by atoms with Crippen LogP contribution in [0.4, 0.5) is 4.39 Å². The standard InChI is InChI=1S/C20H18FN3O3/c21-18-5-2-1-4-15(18)10-12-22-19(25)14-27-20(26)16-6-8-17(9-7-16)24-13-3-11-23-24/h1-9,11,13H,10,12,14H2,(H,22,25). The minimum atomic E-state index is -0.591. The Labute approximate surface area is 155 Å². The van der Waals surface area contributed by atoms with Crippen molar-refractivity contribution in [2.45, 2.75) is 6.42 Å². The Morgan fingerprint density at radius 1 is 1.07 bits per heavy atom. The number of ether oxygens (including phenoxy) is 1. The fourth-order valence-corrected chi connectivity index (χ4v) is 2.47. The van der Waals surface area contributed by atoms with E-state index in [1.54, 1.807) is 65.6 Å². The summed E-state index contributed by atoms with van der Waals surface area (Å²) >= 11 is 0. The first kappa shape index (κ1) is 18.3. The molecule has 0 unspecified atom stereocenters. The molecule has 0 saturated carbocycles. The number of esters is 1. The van der Waals surface area contributed by atoms with Crippen LogP contribution < -0.4 is 5.32 Å². The number of nitrogens with one attached hydrogen (secondary N) is 1. The zero-order chi connectivity index (χ0) is 19.1. The highest BCUT2D eigenvalue weighted by atomic mass is 19.1. The summed E-state index contributed by atoms with van der Waals surface area (Å²) in [6.45, 7) is -0.132. The lowest BCUT2D eigenvalue weighted by molar-refractivity contribution is -0.124. The summed E-state index contributed by atoms with van der Waals surface area (Å²) in [6, 6.07) is 14.9. The summed E-state index contributed by atoms with van der Waals surface area (Å²) in [5.41, 5.74) is 1.67. The molecule has 0 aliphatic rings. The predicted molar refractivity (Wildman–Crippen MR) is 97.0 cm³/mol. The minimum Gasteiger partial charge on any atom is -0.452 e. The topological polar surface area (TPSA) is 73.2 Å². The largest absolute Gasteiger partial charge is 0.452 e. The number of rotatable bonds is 7. The lowest BCUT2D eigenvalue weighted by atomic mass is 10.1. The molecule has 0 saturated heterocycles. The highest BCUT2D eigenvalue weighted by Gasteiger charge is 2.10. The van der Waals surface area contributed by atoms with Crippen LogP contribution in [0.3, 0.4) is 0 Å². The molecule has 138 valence electrons. The van der Waals surface area contributed by atoms with Gasteiger partial charge < -0.3 is 10.1 Å². The number of carbonyl (C=O) groups excluding carboxylic acids is 2. The fraction of sp³-hybridized carbons (Fsp3) is 0.150. The molecule has 0 aliphatic carbocycles. The fourth-order valence-electron chi connectivity index (χ4n) is 2.47. The molecule has 1 N–H and O–H groups in total. The van der Waals surface area contributed by atoms with Gasteiger partial charge in [0.2, 0.25) is 0 Å². The van der Waals surface area contributed by atoms with Crippen LogP contribution in [0.5, 0.6) is 0 Å². The van der Waals surface area contributed by atoms with E-state index in [1.807, 2.05) is 0 Å². The number of hydrogen-bond acceptors (Lipinski definition) is 4. The number of benzene rings is 2. The van der Waals surface area contributed by atoms with Crippen molar-refractivity contribution in [1.29, 1.82) is 0 Å². The molecule has 1 aromatic heterocycles. The first-order valence-electron chi connectivity index (χ1n) is 8.41. The Balaban J connectivity index is 1.43. The average Bonchev–Trinajstić information content (AvgIpc) is 3.22. The molecule has 0 atom stereocenters. The van der Waals surface area contributed by atoms with Gasteiger partial charge in [0, 0.05) is 18.9 Å². The monoisotopic (exact) mass is 367 g/mol. The molecule has 1 heterocycles. The van der Waals surface area contributed by atoms with E-state index in [1.165, 1.54) is 6.07 Å². The van der Waals surface area contributed by atoms with Crippen molar-refractivity contribution in [3.63, 3.8) is 0 Å². The SMILES string of the molecule is O=C(COC(=O)c1ccc(-n2cccn2)cc1)NCCc1ccccc1F. The average molecular weight is 367 g/mol. The number of halogens is 1. The number of nitrogens with zero attached hydrogens (tertiary/aromatic N) is 2. The highest BCUT2D eigenvalue weighted by Crippen LogP contribution is 2.10. The highest BCUT2D eigenvalue weighted by molar-refractivity contribution is 5.91. The van der Waals surface area contributed by atoms with E-state index in [2.05, 4.69) is 10.4 Å². The normalized spacial score (nSPS) is 10.4. The van der Waals surface area contributed by atoms with Crippen LogP contribution in [0.15, 0.2) is 67.0 Å². The summed E-state index contributed by atoms with van der Waals surface area (Å²) in [7, 11) is 0. The molecule has 0 fully saturated rings. The second kappa shape index (κ2) is 8.75. The Hall–Kier alpha value is -3.48. The van der Waals surface area contributed by atoms with Crippen LogP contribution in [0, 0.1) is 5.82 Å². The van der Waals surface area contributed by atoms with Crippen LogP contribution in [0.2, 0.25) is 0 Å². The van der Waals surface area contributed by atoms with Crippen molar-refractivity contribution in [2.24, 2.45) is 0 Å². The predicted octanol–water partition coefficient (Wildman–Crippen LogP) is 2.53. The Morgan fingerprint density at radius 3 is 2.56 bits per heavy atom. The van der Waals surface area contributed by atoms with Gasteiger partial charge in [0.15, 0.2) is 6.61 Å². The van der Waals surface area contributed by atoms with Gasteiger partial charge in [-0.15, -0.1) is 0 Å². The first-order valence-corrected chi connectivity index (χ1v) is 8.41. The zero-order valence-corrected chi connectivity index (χ0v) is 14.5. The van der Waals surface area contributed by atoms with Crippen LogP contribution in [-0.4, -0.2) is 34.8 Å². The van der Waals surface area contributed by atoms with Gasteiger partial charge in [0.1, 0.15) is 5.82 Å². The number of hydrogen-bond donors (Lipinski definition) is 1. The molecule has 6 nitrogen and oxygen atoms in total. The zero-order valence-electron chi connectivity index (χ0n) is 14.5. The van der Waals surface area contributed by atoms with E-state index >= 15 is 0 Å². The van der Waals surface area contributed by atoms with Gasteiger partial charge in [0.05, 0.1) is 11.3 Å². The molecule has 0 aliphatic heterocycles. The second-order valence-electron chi connectivity index (χ2n) is 5.77. The van der Waals surface area contributed by atoms with Crippen LogP contribution >= 0.6 is 0 Å². The quantitative estimate of drug-likeness (QED) is 0.652. The smallest absolute Gasteiger partial charge is 0.338 e. The van der Waals surface area contributed by atoms with Crippen molar-refractivity contribution in [1.82, 2.24) is 15.1 Å². The summed E-state index contributed by atoms with van der Waals surface area (Å²) in [5.74, 6) is -1.34. The van der Waals surface area contributed by atoms with Crippen LogP contribution in [0.25, 0.3) is 5.69 Å². The van der Waals surface area contributed by atoms with Gasteiger partial charge >= 0.3 is 5.97 Å². The molecule has 27 heavy (non-hydrogen) atoms. The van der Waals surface area contributed by atoms with Crippen LogP contribution in [0.1, 0.15) is 15.9 Å². The van der Waals surface area contributed by atoms with E-state index in [9.17, 15) is 14.0 Å². The molecule has 0 spiro atoms. The van der Waals surface area contributed by atoms with Crippen molar-refractivity contribution in [2.75, 3.05) is 13.2 Å². The third kappa shape index (κ3) is 5.01. The van der Waals surface area contributed by atoms with E-state index in [4.69, 9.17) is 4.74 Å². The van der Waals surface area contributed by atoms with Gasteiger partial charge in [-0.1, -0.05) is 18.2 Å². The minimum absolute atomic E-state index is 0.260. The van der Waals surface area contributed by atoms with Crippen molar-refractivity contribution in [3.8, 4) is 5.69 Å². The first-order chi connectivity index (χ1) is 13.1. The molecular formula is C20H18FN3O3. The molecule has 1 amide bonds. The van der Waals surface area contributed by atoms with Gasteiger partial charge in [-0.3, -0.25) is 4.79 Å². The maximum Gasteiger partial charge on any atom is 0.338 e. The molecule has 0 bridgehead atoms. The second-order valence-corrected chi connectivity index (χ2v) is 5.77. The maximum atomic E-state index is 13.5. The summed E-state index contributed by atoms with van der Waals surface area (Å²) in [5, 5.41) is 6.70. The van der Waals surface area contributed by atoms with Crippen LogP contribution in [-0.2, 0) is 16.0 Å². The lowest BCUT2D eigenvalue weighted by Gasteiger charge is -2.08. The molecule has 2 aromatic carbocycles. The van der Waals surface area contributed by atoms with Gasteiger partial charge in [-0.25, -0.2) is 13.9 Å². The van der Waals surface area contributed by atoms with E-state index in [-0.39, 0.29) is 12.4 Å². The van der Waals surface area contributed by atoms with Gasteiger partial charge in [0.25, 0.3) is 5.91 Å². The Kier molecular flexibility index (Phi) is 5.94. The Bertz CT molecular complexity index is 908. The molecule has 3 aromatic rings. The summed E-state index contributed by atoms with van der Waals surface area (Å²) in [6.07, 6.45) is 3.81. The summed E-state index contributed by atoms with van der Waals surface area (Å²) < 4.78 is 20.2. The molecular weight excluding hydrogens is 349 g/mol. The maximum absolute atomic E-state index is 13.5. The number of amides is 1. The number of aromatic nitrogens is 2. The molecule has 3 rings (SSSR count). The van der Waals surface area contributed by atoms with Crippen molar-refractivity contribution < 1.29 is 18.7 Å². The molecule has 0 radical (unpaired) electrons.